The zero-order chi connectivity index (χ0) is 12.5. The Morgan fingerprint density at radius 1 is 1.22 bits per heavy atom. The van der Waals surface area contributed by atoms with Crippen molar-refractivity contribution in [1.29, 1.82) is 0 Å². The van der Waals surface area contributed by atoms with Gasteiger partial charge in [-0.1, -0.05) is 6.07 Å². The maximum absolute atomic E-state index is 12.1. The van der Waals surface area contributed by atoms with Crippen LogP contribution in [-0.4, -0.2) is 15.8 Å². The van der Waals surface area contributed by atoms with Crippen molar-refractivity contribution in [3.8, 4) is 0 Å². The lowest BCUT2D eigenvalue weighted by molar-refractivity contribution is 0.103. The van der Waals surface area contributed by atoms with Crippen LogP contribution < -0.4 is 5.76 Å². The highest BCUT2D eigenvalue weighted by molar-refractivity contribution is 6.08. The molecule has 1 N–H and O–H groups in total. The summed E-state index contributed by atoms with van der Waals surface area (Å²) in [6.45, 7) is 0. The summed E-state index contributed by atoms with van der Waals surface area (Å²) >= 11 is 0. The van der Waals surface area contributed by atoms with E-state index in [1.54, 1.807) is 36.5 Å². The van der Waals surface area contributed by atoms with Crippen molar-refractivity contribution in [1.82, 2.24) is 9.97 Å². The molecule has 0 atom stereocenters. The van der Waals surface area contributed by atoms with Gasteiger partial charge in [-0.25, -0.2) is 4.79 Å². The van der Waals surface area contributed by atoms with Crippen LogP contribution in [0.5, 0.6) is 0 Å². The third kappa shape index (κ3) is 1.71. The van der Waals surface area contributed by atoms with E-state index in [0.717, 1.165) is 0 Å². The lowest BCUT2D eigenvalue weighted by Gasteiger charge is -1.99. The van der Waals surface area contributed by atoms with E-state index >= 15 is 0 Å². The van der Waals surface area contributed by atoms with Crippen molar-refractivity contribution in [3.05, 3.63) is 64.4 Å². The minimum atomic E-state index is -0.535. The predicted octanol–water partition coefficient (Wildman–Crippen LogP) is 1.75. The molecular weight excluding hydrogens is 232 g/mol. The van der Waals surface area contributed by atoms with E-state index in [4.69, 9.17) is 4.42 Å². The number of ketones is 1. The first-order valence-electron chi connectivity index (χ1n) is 5.33. The summed E-state index contributed by atoms with van der Waals surface area (Å²) in [6, 6.07) is 9.92. The molecule has 5 heteroatoms. The van der Waals surface area contributed by atoms with Crippen LogP contribution in [0.2, 0.25) is 0 Å². The molecule has 0 aliphatic rings. The van der Waals surface area contributed by atoms with Crippen molar-refractivity contribution in [3.63, 3.8) is 0 Å². The minimum Gasteiger partial charge on any atom is -0.408 e. The van der Waals surface area contributed by atoms with Crippen LogP contribution in [0.1, 0.15) is 16.1 Å². The topological polar surface area (TPSA) is 76.0 Å². The zero-order valence-electron chi connectivity index (χ0n) is 9.21. The van der Waals surface area contributed by atoms with Crippen molar-refractivity contribution < 1.29 is 9.21 Å². The molecule has 0 radical (unpaired) electrons. The van der Waals surface area contributed by atoms with Gasteiger partial charge in [-0.3, -0.25) is 14.8 Å². The van der Waals surface area contributed by atoms with E-state index in [0.29, 0.717) is 22.4 Å². The van der Waals surface area contributed by atoms with E-state index in [1.807, 2.05) is 0 Å². The Morgan fingerprint density at radius 2 is 2.11 bits per heavy atom. The maximum Gasteiger partial charge on any atom is 0.417 e. The van der Waals surface area contributed by atoms with Crippen LogP contribution in [0.15, 0.2) is 51.8 Å². The van der Waals surface area contributed by atoms with Gasteiger partial charge in [0.1, 0.15) is 5.69 Å². The smallest absolute Gasteiger partial charge is 0.408 e. The standard InChI is InChI=1S/C13H8N2O3/c16-12(10-3-1-2-6-14-10)8-4-5-9-11(7-8)18-13(17)15-9/h1-7H,(H,15,17). The number of carbonyl (C=O) groups is 1. The van der Waals surface area contributed by atoms with Crippen LogP contribution in [0.4, 0.5) is 0 Å². The molecule has 18 heavy (non-hydrogen) atoms. The summed E-state index contributed by atoms with van der Waals surface area (Å²) in [4.78, 5) is 29.6. The molecule has 5 nitrogen and oxygen atoms in total. The van der Waals surface area contributed by atoms with Crippen LogP contribution in [-0.2, 0) is 0 Å². The number of carbonyl (C=O) groups excluding carboxylic acids is 1. The number of rotatable bonds is 2. The van der Waals surface area contributed by atoms with Crippen molar-refractivity contribution in [2.24, 2.45) is 0 Å². The summed E-state index contributed by atoms with van der Waals surface area (Å²) in [5.74, 6) is -0.742. The third-order valence-electron chi connectivity index (χ3n) is 2.58. The number of aromatic amines is 1. The molecular formula is C13H8N2O3. The fourth-order valence-electron chi connectivity index (χ4n) is 1.73. The number of nitrogens with one attached hydrogen (secondary N) is 1. The zero-order valence-corrected chi connectivity index (χ0v) is 9.21. The summed E-state index contributed by atoms with van der Waals surface area (Å²) < 4.78 is 4.91. The molecule has 0 amide bonds. The number of aromatic nitrogens is 2. The van der Waals surface area contributed by atoms with E-state index in [-0.39, 0.29) is 5.78 Å². The molecule has 0 bridgehead atoms. The second kappa shape index (κ2) is 3.96. The molecule has 1 aromatic carbocycles. The number of hydrogen-bond acceptors (Lipinski definition) is 4. The molecule has 0 spiro atoms. The van der Waals surface area contributed by atoms with Crippen LogP contribution in [0.25, 0.3) is 11.1 Å². The van der Waals surface area contributed by atoms with Gasteiger partial charge >= 0.3 is 5.76 Å². The first kappa shape index (κ1) is 10.5. The lowest BCUT2D eigenvalue weighted by atomic mass is 10.1. The first-order valence-corrected chi connectivity index (χ1v) is 5.33. The van der Waals surface area contributed by atoms with Crippen LogP contribution >= 0.6 is 0 Å². The first-order chi connectivity index (χ1) is 8.74. The Labute approximate surface area is 101 Å². The summed E-state index contributed by atoms with van der Waals surface area (Å²) in [6.07, 6.45) is 1.56. The van der Waals surface area contributed by atoms with Gasteiger partial charge in [0.15, 0.2) is 5.58 Å². The minimum absolute atomic E-state index is 0.207. The number of H-pyrrole nitrogens is 1. The van der Waals surface area contributed by atoms with Crippen LogP contribution in [0.3, 0.4) is 0 Å². The average molecular weight is 240 g/mol. The predicted molar refractivity (Wildman–Crippen MR) is 64.5 cm³/mol. The van der Waals surface area contributed by atoms with Crippen LogP contribution in [0, 0.1) is 0 Å². The Morgan fingerprint density at radius 3 is 2.89 bits per heavy atom. The normalized spacial score (nSPS) is 10.7. The fraction of sp³-hybridized carbons (Fsp3) is 0. The Bertz CT molecular complexity index is 772. The molecule has 2 aromatic heterocycles. The second-order valence-electron chi connectivity index (χ2n) is 3.77. The number of pyridine rings is 1. The molecule has 0 aliphatic carbocycles. The van der Waals surface area contributed by atoms with Gasteiger partial charge < -0.3 is 4.42 Å². The van der Waals surface area contributed by atoms with Crippen molar-refractivity contribution >= 4 is 16.9 Å². The quantitative estimate of drug-likeness (QED) is 0.692. The lowest BCUT2D eigenvalue weighted by Crippen LogP contribution is -2.03. The van der Waals surface area contributed by atoms with Gasteiger partial charge in [0.05, 0.1) is 5.52 Å². The molecule has 0 fully saturated rings. The molecule has 3 rings (SSSR count). The molecule has 0 unspecified atom stereocenters. The maximum atomic E-state index is 12.1. The number of nitrogens with zero attached hydrogens (tertiary/aromatic N) is 1. The molecule has 0 saturated heterocycles. The Hall–Kier alpha value is -2.69. The van der Waals surface area contributed by atoms with E-state index in [1.165, 1.54) is 6.07 Å². The fourth-order valence-corrected chi connectivity index (χ4v) is 1.73. The van der Waals surface area contributed by atoms with Gasteiger partial charge in [-0.2, -0.15) is 0 Å². The van der Waals surface area contributed by atoms with Crippen molar-refractivity contribution in [2.75, 3.05) is 0 Å². The summed E-state index contributed by atoms with van der Waals surface area (Å²) in [7, 11) is 0. The Kier molecular flexibility index (Phi) is 2.30. The van der Waals surface area contributed by atoms with Crippen molar-refractivity contribution in [2.45, 2.75) is 0 Å². The van der Waals surface area contributed by atoms with Gasteiger partial charge in [-0.05, 0) is 30.3 Å². The van der Waals surface area contributed by atoms with E-state index < -0.39 is 5.76 Å². The monoisotopic (exact) mass is 240 g/mol. The van der Waals surface area contributed by atoms with E-state index in [2.05, 4.69) is 9.97 Å². The number of fused-ring (bicyclic) bond motifs is 1. The van der Waals surface area contributed by atoms with Gasteiger partial charge in [-0.15, -0.1) is 0 Å². The average Bonchev–Trinajstić information content (AvgIpc) is 2.78. The molecule has 88 valence electrons. The van der Waals surface area contributed by atoms with Gasteiger partial charge in [0, 0.05) is 11.8 Å². The molecule has 0 aliphatic heterocycles. The summed E-state index contributed by atoms with van der Waals surface area (Å²) in [5, 5.41) is 0. The van der Waals surface area contributed by atoms with E-state index in [9.17, 15) is 9.59 Å². The second-order valence-corrected chi connectivity index (χ2v) is 3.77. The molecule has 2 heterocycles. The highest BCUT2D eigenvalue weighted by Crippen LogP contribution is 2.14. The van der Waals surface area contributed by atoms with Gasteiger partial charge in [0.25, 0.3) is 0 Å². The highest BCUT2D eigenvalue weighted by Gasteiger charge is 2.11. The number of hydrogen-bond donors (Lipinski definition) is 1. The largest absolute Gasteiger partial charge is 0.417 e. The summed E-state index contributed by atoms with van der Waals surface area (Å²) in [5.41, 5.74) is 1.72. The SMILES string of the molecule is O=C(c1ccc2[nH]c(=O)oc2c1)c1ccccn1. The number of benzene rings is 1. The third-order valence-corrected chi connectivity index (χ3v) is 2.58. The Balaban J connectivity index is 2.09. The number of oxazole rings is 1. The van der Waals surface area contributed by atoms with Gasteiger partial charge in [0.2, 0.25) is 5.78 Å². The molecule has 3 aromatic rings. The molecule has 0 saturated carbocycles. The highest BCUT2D eigenvalue weighted by atomic mass is 16.4.